The van der Waals surface area contributed by atoms with E-state index < -0.39 is 29.1 Å². The van der Waals surface area contributed by atoms with Gasteiger partial charge in [0.1, 0.15) is 15.7 Å². The zero-order chi connectivity index (χ0) is 56.4. The lowest BCUT2D eigenvalue weighted by atomic mass is 9.69. The van der Waals surface area contributed by atoms with Gasteiger partial charge < -0.3 is 24.8 Å². The molecule has 3 aliphatic rings. The van der Waals surface area contributed by atoms with Crippen molar-refractivity contribution in [1.29, 1.82) is 0 Å². The molecule has 3 aliphatic carbocycles. The van der Waals surface area contributed by atoms with E-state index >= 15 is 0 Å². The van der Waals surface area contributed by atoms with Crippen LogP contribution < -0.4 is 0 Å². The Morgan fingerprint density at radius 3 is 1.14 bits per heavy atom. The Labute approximate surface area is 458 Å². The lowest BCUT2D eigenvalue weighted by Gasteiger charge is -2.37. The molecule has 2 atom stereocenters. The SMILES string of the molecule is CC1(C)CCC(C)(C)c2sc(C(C)(O)c3ccc(C(=O)O)cn3)nc21.COC(=O)c1ccc(C(=O)c2nc3c(s2)C(C)(C)CCC3(C)C)nc1.COC(=O)c1ccc(C(C)(O)c2nc3c(s2)C(C)(C)CCC3(C)C)nc1. The zero-order valence-corrected chi connectivity index (χ0v) is 49.1. The molecule has 6 heterocycles. The maximum absolute atomic E-state index is 12.8. The maximum atomic E-state index is 12.8. The predicted octanol–water partition coefficient (Wildman–Crippen LogP) is 11.7. The number of methoxy groups -OCH3 is 2. The second-order valence-electron chi connectivity index (χ2n) is 24.5. The number of nitrogens with zero attached hydrogens (tertiary/aromatic N) is 6. The van der Waals surface area contributed by atoms with E-state index in [1.165, 1.54) is 76.2 Å². The maximum Gasteiger partial charge on any atom is 0.339 e. The Balaban J connectivity index is 0.000000166. The molecule has 18 heteroatoms. The van der Waals surface area contributed by atoms with E-state index in [-0.39, 0.29) is 49.5 Å². The number of ether oxygens (including phenoxy) is 2. The Morgan fingerprint density at radius 2 is 0.829 bits per heavy atom. The molecular formula is C58H72N6O9S3. The van der Waals surface area contributed by atoms with E-state index in [9.17, 15) is 29.4 Å². The van der Waals surface area contributed by atoms with E-state index in [2.05, 4.69) is 108 Å². The lowest BCUT2D eigenvalue weighted by Crippen LogP contribution is -2.33. The number of rotatable bonds is 9. The number of thiazole rings is 3. The number of pyridine rings is 3. The number of carbonyl (C=O) groups excluding carboxylic acids is 3. The Morgan fingerprint density at radius 1 is 0.487 bits per heavy atom. The summed E-state index contributed by atoms with van der Waals surface area (Å²) in [6, 6.07) is 9.38. The van der Waals surface area contributed by atoms with Crippen LogP contribution in [0.15, 0.2) is 55.0 Å². The molecule has 6 aromatic heterocycles. The Kier molecular flexibility index (Phi) is 15.7. The summed E-state index contributed by atoms with van der Waals surface area (Å²) in [5.74, 6) is -2.16. The summed E-state index contributed by atoms with van der Waals surface area (Å²) in [7, 11) is 2.64. The summed E-state index contributed by atoms with van der Waals surface area (Å²) in [6.45, 7) is 29.9. The third-order valence-corrected chi connectivity index (χ3v) is 20.1. The molecule has 0 saturated heterocycles. The van der Waals surface area contributed by atoms with Crippen LogP contribution in [0, 0.1) is 0 Å². The van der Waals surface area contributed by atoms with E-state index in [0.717, 1.165) is 55.6 Å². The van der Waals surface area contributed by atoms with Crippen molar-refractivity contribution in [3.63, 3.8) is 0 Å². The van der Waals surface area contributed by atoms with Crippen LogP contribution in [0.1, 0.15) is 235 Å². The second-order valence-corrected chi connectivity index (χ2v) is 27.4. The molecule has 0 saturated carbocycles. The molecule has 9 rings (SSSR count). The monoisotopic (exact) mass is 1090 g/mol. The molecule has 0 aromatic carbocycles. The van der Waals surface area contributed by atoms with Gasteiger partial charge in [-0.05, 0) is 88.8 Å². The number of carboxylic acids is 1. The van der Waals surface area contributed by atoms with Crippen LogP contribution in [0.5, 0.6) is 0 Å². The van der Waals surface area contributed by atoms with E-state index in [1.807, 2.05) is 0 Å². The first kappa shape index (κ1) is 58.0. The minimum Gasteiger partial charge on any atom is -0.478 e. The largest absolute Gasteiger partial charge is 0.478 e. The van der Waals surface area contributed by atoms with Crippen LogP contribution in [0.2, 0.25) is 0 Å². The molecule has 76 heavy (non-hydrogen) atoms. The highest BCUT2D eigenvalue weighted by atomic mass is 32.1. The van der Waals surface area contributed by atoms with Gasteiger partial charge in [0.15, 0.2) is 16.2 Å². The number of esters is 2. The van der Waals surface area contributed by atoms with Crippen LogP contribution in [-0.4, -0.2) is 83.1 Å². The smallest absolute Gasteiger partial charge is 0.339 e. The van der Waals surface area contributed by atoms with Crippen molar-refractivity contribution in [3.05, 3.63) is 135 Å². The summed E-state index contributed by atoms with van der Waals surface area (Å²) in [4.78, 5) is 77.5. The normalized spacial score (nSPS) is 19.4. The molecule has 6 aromatic rings. The number of carboxylic acid groups (broad SMARTS) is 1. The van der Waals surface area contributed by atoms with Gasteiger partial charge in [-0.15, -0.1) is 34.0 Å². The van der Waals surface area contributed by atoms with Crippen molar-refractivity contribution in [2.24, 2.45) is 0 Å². The fraction of sp³-hybridized carbons (Fsp3) is 0.517. The average molecular weight is 1090 g/mol. The number of hydrogen-bond donors (Lipinski definition) is 3. The predicted molar refractivity (Wildman–Crippen MR) is 295 cm³/mol. The average Bonchev–Trinajstić information content (AvgIpc) is 4.18. The van der Waals surface area contributed by atoms with Gasteiger partial charge in [0, 0.05) is 65.7 Å². The Bertz CT molecular complexity index is 3060. The van der Waals surface area contributed by atoms with Gasteiger partial charge in [0.05, 0.1) is 59.4 Å². The molecule has 2 unspecified atom stereocenters. The fourth-order valence-corrected chi connectivity index (χ4v) is 13.8. The molecule has 406 valence electrons. The molecule has 0 fully saturated rings. The first-order valence-electron chi connectivity index (χ1n) is 25.4. The first-order valence-corrected chi connectivity index (χ1v) is 27.9. The topological polar surface area (TPSA) is 225 Å². The lowest BCUT2D eigenvalue weighted by molar-refractivity contribution is 0.0591. The summed E-state index contributed by atoms with van der Waals surface area (Å²) < 4.78 is 9.34. The van der Waals surface area contributed by atoms with Crippen molar-refractivity contribution >= 4 is 57.7 Å². The van der Waals surface area contributed by atoms with Gasteiger partial charge in [-0.3, -0.25) is 19.7 Å². The highest BCUT2D eigenvalue weighted by Gasteiger charge is 2.46. The Hall–Kier alpha value is -5.66. The summed E-state index contributed by atoms with van der Waals surface area (Å²) >= 11 is 4.58. The van der Waals surface area contributed by atoms with Crippen molar-refractivity contribution in [3.8, 4) is 0 Å². The number of ketones is 1. The van der Waals surface area contributed by atoms with Gasteiger partial charge in [0.25, 0.3) is 0 Å². The number of aromatic carboxylic acids is 1. The summed E-state index contributed by atoms with van der Waals surface area (Å²) in [5, 5.41) is 33.0. The summed E-state index contributed by atoms with van der Waals surface area (Å²) in [5.41, 5.74) is 2.51. The first-order chi connectivity index (χ1) is 35.1. The molecule has 15 nitrogen and oxygen atoms in total. The van der Waals surface area contributed by atoms with Crippen molar-refractivity contribution in [2.75, 3.05) is 14.2 Å². The number of fused-ring (bicyclic) bond motifs is 3. The third-order valence-electron chi connectivity index (χ3n) is 15.4. The highest BCUT2D eigenvalue weighted by Crippen LogP contribution is 2.52. The number of hydrogen-bond acceptors (Lipinski definition) is 17. The molecule has 0 amide bonds. The number of aliphatic hydroxyl groups is 2. The van der Waals surface area contributed by atoms with Gasteiger partial charge in [0.2, 0.25) is 5.78 Å². The fourth-order valence-electron chi connectivity index (χ4n) is 9.62. The molecular weight excluding hydrogens is 1020 g/mol. The number of aromatic nitrogens is 6. The van der Waals surface area contributed by atoms with Gasteiger partial charge in [-0.2, -0.15) is 0 Å². The van der Waals surface area contributed by atoms with Crippen LogP contribution in [0.4, 0.5) is 0 Å². The minimum absolute atomic E-state index is 0.00213. The van der Waals surface area contributed by atoms with E-state index in [4.69, 9.17) is 19.8 Å². The van der Waals surface area contributed by atoms with Crippen molar-refractivity contribution < 1.29 is 44.0 Å². The quantitative estimate of drug-likeness (QED) is 0.0904. The van der Waals surface area contributed by atoms with E-state index in [1.54, 1.807) is 55.5 Å². The minimum atomic E-state index is -1.36. The van der Waals surface area contributed by atoms with Crippen LogP contribution in [0.3, 0.4) is 0 Å². The highest BCUT2D eigenvalue weighted by molar-refractivity contribution is 7.14. The van der Waals surface area contributed by atoms with E-state index in [0.29, 0.717) is 37.5 Å². The molecule has 0 aliphatic heterocycles. The van der Waals surface area contributed by atoms with Gasteiger partial charge in [-0.1, -0.05) is 83.1 Å². The van der Waals surface area contributed by atoms with Crippen LogP contribution >= 0.6 is 34.0 Å². The molecule has 0 radical (unpaired) electrons. The van der Waals surface area contributed by atoms with Crippen LogP contribution in [-0.2, 0) is 53.2 Å². The standard InChI is InChI=1S/C20H26N2O3S.C19H24N2O3S.C19H22N2O3S/c1-18(2)9-10-19(3,4)15-14(18)22-17(26-15)20(5,24)13-8-7-12(11-21-13)16(23)25-6;1-17(2)8-9-18(3,4)14-13(17)21-16(25-14)19(5,24)12-7-6-11(10-20-12)15(22)23;1-18(2)8-9-19(3,4)15-14(18)21-16(25-15)13(22)12-7-6-11(10-20-12)17(23)24-5/h7-8,11,24H,9-10H2,1-6H3;6-7,10,24H,8-9H2,1-5H3,(H,22,23);6-7,10H,8-9H2,1-5H3. The van der Waals surface area contributed by atoms with Crippen molar-refractivity contribution in [2.45, 2.75) is 179 Å². The van der Waals surface area contributed by atoms with Crippen LogP contribution in [0.25, 0.3) is 0 Å². The molecule has 3 N–H and O–H groups in total. The van der Waals surface area contributed by atoms with Gasteiger partial charge >= 0.3 is 17.9 Å². The third kappa shape index (κ3) is 11.3. The second kappa shape index (κ2) is 20.6. The molecule has 0 spiro atoms. The zero-order valence-electron chi connectivity index (χ0n) is 46.6. The molecule has 0 bridgehead atoms. The van der Waals surface area contributed by atoms with Crippen molar-refractivity contribution in [1.82, 2.24) is 29.9 Å². The number of carbonyl (C=O) groups is 4. The summed E-state index contributed by atoms with van der Waals surface area (Å²) in [6.07, 6.45) is 10.5. The van der Waals surface area contributed by atoms with Gasteiger partial charge in [-0.25, -0.2) is 29.3 Å².